The van der Waals surface area contributed by atoms with Gasteiger partial charge < -0.3 is 20.2 Å². The van der Waals surface area contributed by atoms with Crippen LogP contribution in [0, 0.1) is 10.1 Å². The first-order valence-corrected chi connectivity index (χ1v) is 5.04. The predicted molar refractivity (Wildman–Crippen MR) is 58.5 cm³/mol. The number of aryl methyl sites for hydroxylation is 1. The zero-order chi connectivity index (χ0) is 12.1. The summed E-state index contributed by atoms with van der Waals surface area (Å²) in [5.74, 6) is -0.0531. The summed E-state index contributed by atoms with van der Waals surface area (Å²) in [6.45, 7) is 5.05. The van der Waals surface area contributed by atoms with Gasteiger partial charge in [0.2, 0.25) is 6.33 Å². The van der Waals surface area contributed by atoms with Gasteiger partial charge in [-0.15, -0.1) is 0 Å². The maximum absolute atomic E-state index is 10.6. The van der Waals surface area contributed by atoms with Gasteiger partial charge in [-0.3, -0.25) is 4.57 Å². The number of aromatic nitrogens is 2. The number of hydrogen-bond donors (Lipinski definition) is 1. The molecule has 1 aromatic heterocycles. The summed E-state index contributed by atoms with van der Waals surface area (Å²) in [6, 6.07) is 0.366. The third-order valence-electron chi connectivity index (χ3n) is 1.93. The van der Waals surface area contributed by atoms with E-state index in [1.165, 1.54) is 10.9 Å². The van der Waals surface area contributed by atoms with Gasteiger partial charge in [-0.1, -0.05) is 13.8 Å². The molecule has 0 aliphatic heterocycles. The molecular weight excluding hydrogens is 212 g/mol. The number of ether oxygens (including phenoxy) is 1. The van der Waals surface area contributed by atoms with Gasteiger partial charge in [-0.2, -0.15) is 0 Å². The third-order valence-corrected chi connectivity index (χ3v) is 1.93. The molecule has 0 bridgehead atoms. The minimum atomic E-state index is -0.550. The maximum atomic E-state index is 10.6. The number of imidazole rings is 1. The Morgan fingerprint density at radius 1 is 1.69 bits per heavy atom. The molecular formula is C9H16N4O3. The lowest BCUT2D eigenvalue weighted by Gasteiger charge is -2.09. The van der Waals surface area contributed by atoms with Crippen molar-refractivity contribution in [2.24, 2.45) is 7.05 Å². The SMILES string of the molecule is CC(C)NCCOc1c([N+](=O)[O-])ncn1C. The molecule has 0 saturated heterocycles. The van der Waals surface area contributed by atoms with Crippen LogP contribution in [0.2, 0.25) is 0 Å². The van der Waals surface area contributed by atoms with Crippen LogP contribution in [-0.4, -0.2) is 33.7 Å². The standard InChI is InChI=1S/C9H16N4O3/c1-7(2)10-4-5-16-9-8(13(14)15)11-6-12(9)3/h6-7,10H,4-5H2,1-3H3. The molecule has 0 amide bonds. The smallest absolute Gasteiger partial charge is 0.426 e. The second-order valence-corrected chi connectivity index (χ2v) is 3.70. The highest BCUT2D eigenvalue weighted by molar-refractivity contribution is 5.33. The van der Waals surface area contributed by atoms with Gasteiger partial charge in [0, 0.05) is 19.6 Å². The summed E-state index contributed by atoms with van der Waals surface area (Å²) in [7, 11) is 1.66. The molecule has 0 spiro atoms. The Labute approximate surface area is 93.6 Å². The Morgan fingerprint density at radius 3 is 2.94 bits per heavy atom. The number of nitro groups is 1. The second-order valence-electron chi connectivity index (χ2n) is 3.70. The van der Waals surface area contributed by atoms with Gasteiger partial charge in [0.25, 0.3) is 5.88 Å². The van der Waals surface area contributed by atoms with Gasteiger partial charge in [0.1, 0.15) is 6.61 Å². The van der Waals surface area contributed by atoms with E-state index in [9.17, 15) is 10.1 Å². The average Bonchev–Trinajstić information content (AvgIpc) is 2.54. The number of rotatable bonds is 6. The van der Waals surface area contributed by atoms with Crippen molar-refractivity contribution < 1.29 is 9.66 Å². The summed E-state index contributed by atoms with van der Waals surface area (Å²) in [4.78, 5) is 13.7. The monoisotopic (exact) mass is 228 g/mol. The highest BCUT2D eigenvalue weighted by Crippen LogP contribution is 2.23. The fraction of sp³-hybridized carbons (Fsp3) is 0.667. The molecule has 16 heavy (non-hydrogen) atoms. The molecule has 1 heterocycles. The minimum absolute atomic E-state index is 0.190. The summed E-state index contributed by atoms with van der Waals surface area (Å²) in [5.41, 5.74) is 0. The van der Waals surface area contributed by atoms with Crippen molar-refractivity contribution in [2.75, 3.05) is 13.2 Å². The zero-order valence-corrected chi connectivity index (χ0v) is 9.64. The highest BCUT2D eigenvalue weighted by Gasteiger charge is 2.21. The fourth-order valence-electron chi connectivity index (χ4n) is 1.19. The van der Waals surface area contributed by atoms with E-state index in [4.69, 9.17) is 4.74 Å². The third kappa shape index (κ3) is 3.20. The lowest BCUT2D eigenvalue weighted by molar-refractivity contribution is -0.390. The first kappa shape index (κ1) is 12.4. The lowest BCUT2D eigenvalue weighted by atomic mass is 10.4. The van der Waals surface area contributed by atoms with Crippen molar-refractivity contribution in [2.45, 2.75) is 19.9 Å². The highest BCUT2D eigenvalue weighted by atomic mass is 16.6. The van der Waals surface area contributed by atoms with Crippen LogP contribution in [0.3, 0.4) is 0 Å². The quantitative estimate of drug-likeness (QED) is 0.440. The Balaban J connectivity index is 2.52. The number of hydrogen-bond acceptors (Lipinski definition) is 5. The van der Waals surface area contributed by atoms with E-state index in [1.54, 1.807) is 7.05 Å². The normalized spacial score (nSPS) is 10.8. The largest absolute Gasteiger partial charge is 0.471 e. The van der Waals surface area contributed by atoms with Gasteiger partial charge in [0.05, 0.1) is 0 Å². The Kier molecular flexibility index (Phi) is 4.24. The number of nitrogens with one attached hydrogen (secondary N) is 1. The van der Waals surface area contributed by atoms with Crippen LogP contribution in [0.15, 0.2) is 6.33 Å². The van der Waals surface area contributed by atoms with Crippen molar-refractivity contribution in [3.63, 3.8) is 0 Å². The molecule has 0 saturated carbocycles. The van der Waals surface area contributed by atoms with Gasteiger partial charge in [-0.05, 0) is 9.91 Å². The van der Waals surface area contributed by atoms with E-state index < -0.39 is 4.92 Å². The predicted octanol–water partition coefficient (Wildman–Crippen LogP) is 0.705. The lowest BCUT2D eigenvalue weighted by Crippen LogP contribution is -2.27. The van der Waals surface area contributed by atoms with Crippen LogP contribution in [0.25, 0.3) is 0 Å². The van der Waals surface area contributed by atoms with Crippen molar-refractivity contribution in [3.8, 4) is 5.88 Å². The zero-order valence-electron chi connectivity index (χ0n) is 9.64. The van der Waals surface area contributed by atoms with Crippen LogP contribution in [0.1, 0.15) is 13.8 Å². The van der Waals surface area contributed by atoms with Gasteiger partial charge in [0.15, 0.2) is 0 Å². The van der Waals surface area contributed by atoms with Crippen LogP contribution in [0.5, 0.6) is 5.88 Å². The Morgan fingerprint density at radius 2 is 2.38 bits per heavy atom. The molecule has 0 aromatic carbocycles. The molecule has 1 aromatic rings. The summed E-state index contributed by atoms with van der Waals surface area (Å²) < 4.78 is 6.81. The van der Waals surface area contributed by atoms with Crippen LogP contribution in [0.4, 0.5) is 5.82 Å². The van der Waals surface area contributed by atoms with Gasteiger partial charge in [-0.25, -0.2) is 0 Å². The first-order valence-electron chi connectivity index (χ1n) is 5.04. The number of nitrogens with zero attached hydrogens (tertiary/aromatic N) is 3. The van der Waals surface area contributed by atoms with Crippen LogP contribution in [-0.2, 0) is 7.05 Å². The molecule has 0 aliphatic rings. The molecule has 0 atom stereocenters. The molecule has 0 unspecified atom stereocenters. The summed E-state index contributed by atoms with van der Waals surface area (Å²) >= 11 is 0. The maximum Gasteiger partial charge on any atom is 0.426 e. The molecule has 0 radical (unpaired) electrons. The Bertz CT molecular complexity index is 362. The van der Waals surface area contributed by atoms with E-state index in [0.29, 0.717) is 19.2 Å². The van der Waals surface area contributed by atoms with Crippen LogP contribution >= 0.6 is 0 Å². The van der Waals surface area contributed by atoms with E-state index >= 15 is 0 Å². The summed E-state index contributed by atoms with van der Waals surface area (Å²) in [6.07, 6.45) is 1.36. The molecule has 7 nitrogen and oxygen atoms in total. The van der Waals surface area contributed by atoms with E-state index in [-0.39, 0.29) is 11.7 Å². The fourth-order valence-corrected chi connectivity index (χ4v) is 1.19. The summed E-state index contributed by atoms with van der Waals surface area (Å²) in [5, 5.41) is 13.8. The van der Waals surface area contributed by atoms with E-state index in [2.05, 4.69) is 10.3 Å². The van der Waals surface area contributed by atoms with Crippen molar-refractivity contribution in [1.82, 2.24) is 14.9 Å². The average molecular weight is 228 g/mol. The van der Waals surface area contributed by atoms with Crippen LogP contribution < -0.4 is 10.1 Å². The first-order chi connectivity index (χ1) is 7.52. The Hall–Kier alpha value is -1.63. The second kappa shape index (κ2) is 5.45. The molecule has 1 rings (SSSR count). The van der Waals surface area contributed by atoms with E-state index in [1.807, 2.05) is 13.8 Å². The van der Waals surface area contributed by atoms with Crippen molar-refractivity contribution in [3.05, 3.63) is 16.4 Å². The van der Waals surface area contributed by atoms with Crippen molar-refractivity contribution in [1.29, 1.82) is 0 Å². The molecule has 1 N–H and O–H groups in total. The van der Waals surface area contributed by atoms with Crippen molar-refractivity contribution >= 4 is 5.82 Å². The topological polar surface area (TPSA) is 82.2 Å². The molecule has 7 heteroatoms. The van der Waals surface area contributed by atoms with E-state index in [0.717, 1.165) is 0 Å². The molecule has 0 fully saturated rings. The molecule has 0 aliphatic carbocycles. The minimum Gasteiger partial charge on any atom is -0.471 e. The van der Waals surface area contributed by atoms with Gasteiger partial charge >= 0.3 is 5.82 Å². The molecule has 90 valence electrons.